The molecule has 0 amide bonds. The average Bonchev–Trinajstić information content (AvgIpc) is 3.22. The molecule has 0 aliphatic carbocycles. The third-order valence-electron chi connectivity index (χ3n) is 4.68. The number of ether oxygens (including phenoxy) is 1. The largest absolute Gasteiger partial charge is 0.494 e. The number of aromatic nitrogens is 2. The standard InChI is InChI=1S/C20H23N3OS/c1-4-24-16-9-7-15(8-10-16)17-13(2)25-20-18(17)19(21-14(3)22-20)23-11-5-6-12-23/h7-10H,4-6,11-12H2,1-3H3. The molecule has 3 aromatic rings. The van der Waals surface area contributed by atoms with Gasteiger partial charge in [-0.1, -0.05) is 12.1 Å². The van der Waals surface area contributed by atoms with Crippen LogP contribution in [0.3, 0.4) is 0 Å². The monoisotopic (exact) mass is 353 g/mol. The summed E-state index contributed by atoms with van der Waals surface area (Å²) in [5.74, 6) is 2.87. The van der Waals surface area contributed by atoms with Gasteiger partial charge in [-0.3, -0.25) is 0 Å². The van der Waals surface area contributed by atoms with Crippen LogP contribution in [0.1, 0.15) is 30.5 Å². The molecule has 1 aromatic carbocycles. The number of hydrogen-bond donors (Lipinski definition) is 0. The maximum atomic E-state index is 5.59. The molecule has 25 heavy (non-hydrogen) atoms. The first kappa shape index (κ1) is 16.3. The Morgan fingerprint density at radius 3 is 2.48 bits per heavy atom. The number of rotatable bonds is 4. The van der Waals surface area contributed by atoms with E-state index in [1.54, 1.807) is 11.3 Å². The van der Waals surface area contributed by atoms with Crippen molar-refractivity contribution in [2.24, 2.45) is 0 Å². The predicted octanol–water partition coefficient (Wildman–Crippen LogP) is 4.97. The summed E-state index contributed by atoms with van der Waals surface area (Å²) < 4.78 is 5.59. The number of aryl methyl sites for hydroxylation is 2. The van der Waals surface area contributed by atoms with Gasteiger partial charge in [0.1, 0.15) is 22.2 Å². The van der Waals surface area contributed by atoms with Crippen molar-refractivity contribution in [2.75, 3.05) is 24.6 Å². The molecule has 2 aromatic heterocycles. The van der Waals surface area contributed by atoms with Crippen LogP contribution in [-0.2, 0) is 0 Å². The van der Waals surface area contributed by atoms with Crippen LogP contribution in [0.4, 0.5) is 5.82 Å². The first-order chi connectivity index (χ1) is 12.2. The summed E-state index contributed by atoms with van der Waals surface area (Å²) in [7, 11) is 0. The van der Waals surface area contributed by atoms with E-state index in [0.29, 0.717) is 6.61 Å². The summed E-state index contributed by atoms with van der Waals surface area (Å²) >= 11 is 1.77. The minimum atomic E-state index is 0.686. The zero-order valence-corrected chi connectivity index (χ0v) is 15.8. The minimum absolute atomic E-state index is 0.686. The van der Waals surface area contributed by atoms with E-state index in [2.05, 4.69) is 24.0 Å². The van der Waals surface area contributed by atoms with Gasteiger partial charge in [0.15, 0.2) is 0 Å². The van der Waals surface area contributed by atoms with Gasteiger partial charge < -0.3 is 9.64 Å². The fourth-order valence-corrected chi connectivity index (χ4v) is 4.67. The lowest BCUT2D eigenvalue weighted by atomic mass is 10.0. The molecule has 1 aliphatic heterocycles. The lowest BCUT2D eigenvalue weighted by molar-refractivity contribution is 0.340. The molecule has 1 fully saturated rings. The molecule has 0 unspecified atom stereocenters. The molecule has 0 saturated carbocycles. The highest BCUT2D eigenvalue weighted by Crippen LogP contribution is 2.42. The molecule has 1 saturated heterocycles. The molecule has 0 atom stereocenters. The fourth-order valence-electron chi connectivity index (χ4n) is 3.59. The van der Waals surface area contributed by atoms with E-state index in [9.17, 15) is 0 Å². The summed E-state index contributed by atoms with van der Waals surface area (Å²) in [5.41, 5.74) is 2.48. The summed E-state index contributed by atoms with van der Waals surface area (Å²) in [6, 6.07) is 8.39. The second-order valence-electron chi connectivity index (χ2n) is 6.46. The Morgan fingerprint density at radius 2 is 1.80 bits per heavy atom. The Balaban J connectivity index is 1.89. The summed E-state index contributed by atoms with van der Waals surface area (Å²) in [6.45, 7) is 9.04. The SMILES string of the molecule is CCOc1ccc(-c2c(C)sc3nc(C)nc(N4CCCC4)c23)cc1. The highest BCUT2D eigenvalue weighted by Gasteiger charge is 2.23. The number of fused-ring (bicyclic) bond motifs is 1. The van der Waals surface area contributed by atoms with Gasteiger partial charge in [-0.05, 0) is 51.3 Å². The molecule has 0 spiro atoms. The second kappa shape index (κ2) is 6.64. The third kappa shape index (κ3) is 2.97. The molecule has 1 aliphatic rings. The van der Waals surface area contributed by atoms with E-state index >= 15 is 0 Å². The third-order valence-corrected chi connectivity index (χ3v) is 5.68. The molecule has 4 rings (SSSR count). The van der Waals surface area contributed by atoms with E-state index in [4.69, 9.17) is 14.7 Å². The van der Waals surface area contributed by atoms with E-state index in [0.717, 1.165) is 35.3 Å². The summed E-state index contributed by atoms with van der Waals surface area (Å²) in [4.78, 5) is 14.3. The molecular formula is C20H23N3OS. The summed E-state index contributed by atoms with van der Waals surface area (Å²) in [5, 5.41) is 1.21. The zero-order chi connectivity index (χ0) is 17.4. The quantitative estimate of drug-likeness (QED) is 0.663. The van der Waals surface area contributed by atoms with Crippen molar-refractivity contribution >= 4 is 27.4 Å². The van der Waals surface area contributed by atoms with Gasteiger partial charge in [-0.25, -0.2) is 9.97 Å². The lowest BCUT2D eigenvalue weighted by Crippen LogP contribution is -2.20. The fraction of sp³-hybridized carbons (Fsp3) is 0.400. The molecule has 4 nitrogen and oxygen atoms in total. The van der Waals surface area contributed by atoms with Crippen LogP contribution in [0.5, 0.6) is 5.75 Å². The van der Waals surface area contributed by atoms with Crippen LogP contribution in [0.2, 0.25) is 0 Å². The Kier molecular flexibility index (Phi) is 4.34. The maximum Gasteiger partial charge on any atom is 0.141 e. The molecule has 3 heterocycles. The smallest absolute Gasteiger partial charge is 0.141 e. The number of benzene rings is 1. The normalized spacial score (nSPS) is 14.4. The van der Waals surface area contributed by atoms with Crippen LogP contribution < -0.4 is 9.64 Å². The van der Waals surface area contributed by atoms with Gasteiger partial charge in [0.2, 0.25) is 0 Å². The molecule has 0 N–H and O–H groups in total. The highest BCUT2D eigenvalue weighted by atomic mass is 32.1. The van der Waals surface area contributed by atoms with E-state index in [1.165, 1.54) is 34.2 Å². The lowest BCUT2D eigenvalue weighted by Gasteiger charge is -2.18. The van der Waals surface area contributed by atoms with Crippen molar-refractivity contribution in [2.45, 2.75) is 33.6 Å². The number of hydrogen-bond acceptors (Lipinski definition) is 5. The van der Waals surface area contributed by atoms with Crippen LogP contribution in [-0.4, -0.2) is 29.7 Å². The highest BCUT2D eigenvalue weighted by molar-refractivity contribution is 7.19. The summed E-state index contributed by atoms with van der Waals surface area (Å²) in [6.07, 6.45) is 2.48. The van der Waals surface area contributed by atoms with Crippen LogP contribution >= 0.6 is 11.3 Å². The van der Waals surface area contributed by atoms with E-state index < -0.39 is 0 Å². The number of thiophene rings is 1. The van der Waals surface area contributed by atoms with Gasteiger partial charge in [-0.2, -0.15) is 0 Å². The second-order valence-corrected chi connectivity index (χ2v) is 7.66. The van der Waals surface area contributed by atoms with Gasteiger partial charge in [0.25, 0.3) is 0 Å². The molecule has 130 valence electrons. The van der Waals surface area contributed by atoms with Crippen molar-refractivity contribution in [3.63, 3.8) is 0 Å². The Labute approximate surface area is 152 Å². The minimum Gasteiger partial charge on any atom is -0.494 e. The molecular weight excluding hydrogens is 330 g/mol. The van der Waals surface area contributed by atoms with Gasteiger partial charge in [-0.15, -0.1) is 11.3 Å². The van der Waals surface area contributed by atoms with Crippen LogP contribution in [0.25, 0.3) is 21.3 Å². The number of nitrogens with zero attached hydrogens (tertiary/aromatic N) is 3. The van der Waals surface area contributed by atoms with E-state index in [1.807, 2.05) is 26.0 Å². The van der Waals surface area contributed by atoms with Gasteiger partial charge in [0.05, 0.1) is 12.0 Å². The van der Waals surface area contributed by atoms with Crippen molar-refractivity contribution in [1.29, 1.82) is 0 Å². The number of anilines is 1. The van der Waals surface area contributed by atoms with Crippen LogP contribution in [0.15, 0.2) is 24.3 Å². The van der Waals surface area contributed by atoms with Crippen molar-refractivity contribution < 1.29 is 4.74 Å². The Hall–Kier alpha value is -2.14. The first-order valence-corrected chi connectivity index (χ1v) is 9.75. The molecule has 5 heteroatoms. The van der Waals surface area contributed by atoms with Crippen LogP contribution in [0, 0.1) is 13.8 Å². The van der Waals surface area contributed by atoms with Gasteiger partial charge >= 0.3 is 0 Å². The topological polar surface area (TPSA) is 38.3 Å². The molecule has 0 radical (unpaired) electrons. The molecule has 0 bridgehead atoms. The van der Waals surface area contributed by atoms with E-state index in [-0.39, 0.29) is 0 Å². The predicted molar refractivity (Wildman–Crippen MR) is 105 cm³/mol. The Bertz CT molecular complexity index is 895. The van der Waals surface area contributed by atoms with Crippen molar-refractivity contribution in [3.8, 4) is 16.9 Å². The van der Waals surface area contributed by atoms with Gasteiger partial charge in [0, 0.05) is 23.5 Å². The van der Waals surface area contributed by atoms with Crippen molar-refractivity contribution in [1.82, 2.24) is 9.97 Å². The zero-order valence-electron chi connectivity index (χ0n) is 15.0. The Morgan fingerprint density at radius 1 is 1.08 bits per heavy atom. The maximum absolute atomic E-state index is 5.59. The average molecular weight is 353 g/mol. The first-order valence-electron chi connectivity index (χ1n) is 8.93. The van der Waals surface area contributed by atoms with Crippen molar-refractivity contribution in [3.05, 3.63) is 35.0 Å².